The molecule has 0 aliphatic rings. The second kappa shape index (κ2) is 6.27. The van der Waals surface area contributed by atoms with Gasteiger partial charge in [-0.1, -0.05) is 51.3 Å². The van der Waals surface area contributed by atoms with E-state index in [1.54, 1.807) is 6.07 Å². The maximum Gasteiger partial charge on any atom is 0.0595 e. The van der Waals surface area contributed by atoms with Crippen molar-refractivity contribution in [3.8, 4) is 0 Å². The van der Waals surface area contributed by atoms with Crippen molar-refractivity contribution in [2.75, 3.05) is 0 Å². The first-order valence-corrected chi connectivity index (χ1v) is 7.47. The third-order valence-electron chi connectivity index (χ3n) is 2.93. The van der Waals surface area contributed by atoms with Crippen molar-refractivity contribution in [3.63, 3.8) is 0 Å². The van der Waals surface area contributed by atoms with E-state index in [4.69, 9.17) is 28.9 Å². The Morgan fingerprint density at radius 3 is 2.47 bits per heavy atom. The standard InChI is InChI=1S/C15H14BrCl2N/c1-9-4-11(8-12(16)5-9)15(19)7-10-2-3-13(17)14(18)6-10/h2-6,8,15H,7,19H2,1H3. The summed E-state index contributed by atoms with van der Waals surface area (Å²) in [5, 5.41) is 1.13. The molecule has 0 heterocycles. The fourth-order valence-corrected chi connectivity index (χ4v) is 2.96. The lowest BCUT2D eigenvalue weighted by Crippen LogP contribution is -2.13. The van der Waals surface area contributed by atoms with Crippen LogP contribution in [0.5, 0.6) is 0 Å². The van der Waals surface area contributed by atoms with Crippen LogP contribution in [-0.2, 0) is 6.42 Å². The van der Waals surface area contributed by atoms with Gasteiger partial charge in [0.1, 0.15) is 0 Å². The molecule has 1 nitrogen and oxygen atoms in total. The van der Waals surface area contributed by atoms with Gasteiger partial charge in [-0.25, -0.2) is 0 Å². The van der Waals surface area contributed by atoms with Gasteiger partial charge >= 0.3 is 0 Å². The number of hydrogen-bond donors (Lipinski definition) is 1. The first kappa shape index (κ1) is 14.9. The normalized spacial score (nSPS) is 12.5. The largest absolute Gasteiger partial charge is 0.324 e. The van der Waals surface area contributed by atoms with Gasteiger partial charge in [-0.15, -0.1) is 0 Å². The summed E-state index contributed by atoms with van der Waals surface area (Å²) in [6.07, 6.45) is 0.729. The Kier molecular flexibility index (Phi) is 4.91. The van der Waals surface area contributed by atoms with Crippen molar-refractivity contribution >= 4 is 39.1 Å². The zero-order valence-electron chi connectivity index (χ0n) is 10.5. The van der Waals surface area contributed by atoms with Crippen molar-refractivity contribution in [2.45, 2.75) is 19.4 Å². The van der Waals surface area contributed by atoms with E-state index < -0.39 is 0 Å². The number of rotatable bonds is 3. The Morgan fingerprint density at radius 2 is 1.84 bits per heavy atom. The van der Waals surface area contributed by atoms with E-state index in [0.29, 0.717) is 10.0 Å². The van der Waals surface area contributed by atoms with E-state index in [0.717, 1.165) is 22.0 Å². The molecule has 1 atom stereocenters. The summed E-state index contributed by atoms with van der Waals surface area (Å²) in [6.45, 7) is 2.06. The van der Waals surface area contributed by atoms with E-state index in [9.17, 15) is 0 Å². The topological polar surface area (TPSA) is 26.0 Å². The molecule has 0 aliphatic carbocycles. The molecule has 100 valence electrons. The monoisotopic (exact) mass is 357 g/mol. The molecule has 0 spiro atoms. The first-order valence-electron chi connectivity index (χ1n) is 5.92. The Hall–Kier alpha value is -0.540. The van der Waals surface area contributed by atoms with Gasteiger partial charge in [-0.05, 0) is 54.3 Å². The predicted molar refractivity (Wildman–Crippen MR) is 86.0 cm³/mol. The van der Waals surface area contributed by atoms with Gasteiger partial charge in [0.2, 0.25) is 0 Å². The van der Waals surface area contributed by atoms with E-state index in [-0.39, 0.29) is 6.04 Å². The third-order valence-corrected chi connectivity index (χ3v) is 4.13. The third kappa shape index (κ3) is 3.96. The average molecular weight is 359 g/mol. The minimum absolute atomic E-state index is 0.0616. The zero-order valence-corrected chi connectivity index (χ0v) is 13.6. The van der Waals surface area contributed by atoms with Crippen LogP contribution in [0.2, 0.25) is 10.0 Å². The van der Waals surface area contributed by atoms with E-state index >= 15 is 0 Å². The van der Waals surface area contributed by atoms with Crippen LogP contribution in [0.1, 0.15) is 22.7 Å². The van der Waals surface area contributed by atoms with Crippen LogP contribution in [0, 0.1) is 6.92 Å². The molecule has 0 saturated heterocycles. The number of nitrogens with two attached hydrogens (primary N) is 1. The smallest absolute Gasteiger partial charge is 0.0595 e. The van der Waals surface area contributed by atoms with Gasteiger partial charge < -0.3 is 5.73 Å². The fourth-order valence-electron chi connectivity index (χ4n) is 2.02. The fraction of sp³-hybridized carbons (Fsp3) is 0.200. The SMILES string of the molecule is Cc1cc(Br)cc(C(N)Cc2ccc(Cl)c(Cl)c2)c1. The minimum Gasteiger partial charge on any atom is -0.324 e. The van der Waals surface area contributed by atoms with Crippen LogP contribution < -0.4 is 5.73 Å². The summed E-state index contributed by atoms with van der Waals surface area (Å²) in [4.78, 5) is 0. The molecule has 4 heteroatoms. The lowest BCUT2D eigenvalue weighted by atomic mass is 9.98. The highest BCUT2D eigenvalue weighted by atomic mass is 79.9. The molecular weight excluding hydrogens is 345 g/mol. The highest BCUT2D eigenvalue weighted by molar-refractivity contribution is 9.10. The van der Waals surface area contributed by atoms with Crippen LogP contribution >= 0.6 is 39.1 Å². The number of halogens is 3. The van der Waals surface area contributed by atoms with E-state index in [1.165, 1.54) is 5.56 Å². The highest BCUT2D eigenvalue weighted by Gasteiger charge is 2.09. The quantitative estimate of drug-likeness (QED) is 0.790. The summed E-state index contributed by atoms with van der Waals surface area (Å²) in [5.41, 5.74) is 9.64. The molecule has 2 aromatic carbocycles. The molecule has 0 aliphatic heterocycles. The second-order valence-corrected chi connectivity index (χ2v) is 6.35. The number of hydrogen-bond acceptors (Lipinski definition) is 1. The van der Waals surface area contributed by atoms with Crippen molar-refractivity contribution in [3.05, 3.63) is 67.6 Å². The van der Waals surface area contributed by atoms with Crippen LogP contribution in [0.3, 0.4) is 0 Å². The Bertz CT molecular complexity index is 578. The van der Waals surface area contributed by atoms with Gasteiger partial charge in [-0.3, -0.25) is 0 Å². The molecule has 0 saturated carbocycles. The summed E-state index contributed by atoms with van der Waals surface area (Å²) in [7, 11) is 0. The number of aryl methyl sites for hydroxylation is 1. The van der Waals surface area contributed by atoms with Crippen molar-refractivity contribution in [1.29, 1.82) is 0 Å². The van der Waals surface area contributed by atoms with Gasteiger partial charge in [-0.2, -0.15) is 0 Å². The molecule has 0 fully saturated rings. The lowest BCUT2D eigenvalue weighted by Gasteiger charge is -2.14. The van der Waals surface area contributed by atoms with Crippen molar-refractivity contribution < 1.29 is 0 Å². The van der Waals surface area contributed by atoms with Crippen molar-refractivity contribution in [1.82, 2.24) is 0 Å². The van der Waals surface area contributed by atoms with E-state index in [2.05, 4.69) is 41.1 Å². The van der Waals surface area contributed by atoms with Crippen LogP contribution in [0.4, 0.5) is 0 Å². The zero-order chi connectivity index (χ0) is 14.0. The van der Waals surface area contributed by atoms with Crippen molar-refractivity contribution in [2.24, 2.45) is 5.73 Å². The molecule has 2 N–H and O–H groups in total. The van der Waals surface area contributed by atoms with Crippen LogP contribution in [-0.4, -0.2) is 0 Å². The van der Waals surface area contributed by atoms with Crippen LogP contribution in [0.15, 0.2) is 40.9 Å². The summed E-state index contributed by atoms with van der Waals surface area (Å²) >= 11 is 15.4. The minimum atomic E-state index is -0.0616. The van der Waals surface area contributed by atoms with E-state index in [1.807, 2.05) is 12.1 Å². The average Bonchev–Trinajstić information content (AvgIpc) is 2.32. The first-order chi connectivity index (χ1) is 8.95. The molecule has 2 aromatic rings. The second-order valence-electron chi connectivity index (χ2n) is 4.62. The Morgan fingerprint density at radius 1 is 1.11 bits per heavy atom. The number of benzene rings is 2. The van der Waals surface area contributed by atoms with Gasteiger partial charge in [0.05, 0.1) is 10.0 Å². The van der Waals surface area contributed by atoms with Gasteiger partial charge in [0, 0.05) is 10.5 Å². The lowest BCUT2D eigenvalue weighted by molar-refractivity contribution is 0.720. The molecule has 0 amide bonds. The molecule has 19 heavy (non-hydrogen) atoms. The maximum absolute atomic E-state index is 6.26. The molecule has 0 bridgehead atoms. The van der Waals surface area contributed by atoms with Gasteiger partial charge in [0.25, 0.3) is 0 Å². The molecular formula is C15H14BrCl2N. The Balaban J connectivity index is 2.20. The maximum atomic E-state index is 6.26. The Labute approximate surface area is 131 Å². The van der Waals surface area contributed by atoms with Gasteiger partial charge in [0.15, 0.2) is 0 Å². The summed E-state index contributed by atoms with van der Waals surface area (Å²) < 4.78 is 1.05. The van der Waals surface area contributed by atoms with Crippen LogP contribution in [0.25, 0.3) is 0 Å². The predicted octanol–water partition coefficient (Wildman–Crippen LogP) is 5.31. The highest BCUT2D eigenvalue weighted by Crippen LogP contribution is 2.26. The molecule has 2 rings (SSSR count). The molecule has 0 aromatic heterocycles. The molecule has 0 radical (unpaired) electrons. The summed E-state index contributed by atoms with van der Waals surface area (Å²) in [5.74, 6) is 0. The molecule has 1 unspecified atom stereocenters. The summed E-state index contributed by atoms with van der Waals surface area (Å²) in [6, 6.07) is 11.8.